The molecule has 22 heteroatoms. The summed E-state index contributed by atoms with van der Waals surface area (Å²) in [5.74, 6) is -0.196. The molecule has 0 amide bonds. The normalized spacial score (nSPS) is 11.0. The molecular weight excluding hydrogens is 1220 g/mol. The number of rotatable bonds is 7. The van der Waals surface area contributed by atoms with Gasteiger partial charge in [0.05, 0.1) is 76.3 Å². The number of aromatic nitrogens is 8. The Labute approximate surface area is 527 Å². The molecular formula is C64H59BCl6F3N9O3. The quantitative estimate of drug-likeness (QED) is 0.0599. The Morgan fingerprint density at radius 2 is 0.709 bits per heavy atom. The molecule has 3 N–H and O–H groups in total. The highest BCUT2D eigenvalue weighted by Crippen LogP contribution is 2.34. The summed E-state index contributed by atoms with van der Waals surface area (Å²) in [5, 5.41) is 30.3. The molecule has 0 bridgehead atoms. The molecule has 0 saturated heterocycles. The van der Waals surface area contributed by atoms with Gasteiger partial charge in [-0.1, -0.05) is 186 Å². The minimum Gasteiger partial charge on any atom is -0.423 e. The molecule has 0 spiro atoms. The third kappa shape index (κ3) is 18.2. The van der Waals surface area contributed by atoms with Crippen LogP contribution in [0.2, 0.25) is 30.4 Å². The molecule has 444 valence electrons. The van der Waals surface area contributed by atoms with Gasteiger partial charge in [-0.3, -0.25) is 0 Å². The van der Waals surface area contributed by atoms with E-state index in [0.29, 0.717) is 74.9 Å². The lowest BCUT2D eigenvalue weighted by Crippen LogP contribution is -2.29. The molecule has 0 radical (unpaired) electrons. The van der Waals surface area contributed by atoms with Gasteiger partial charge in [0, 0.05) is 17.3 Å². The Hall–Kier alpha value is -7.12. The highest BCUT2D eigenvalue weighted by atomic mass is 35.5. The fourth-order valence-corrected chi connectivity index (χ4v) is 9.63. The van der Waals surface area contributed by atoms with E-state index < -0.39 is 12.9 Å². The lowest BCUT2D eigenvalue weighted by Gasteiger charge is -2.13. The second-order valence-electron chi connectivity index (χ2n) is 20.1. The van der Waals surface area contributed by atoms with E-state index in [1.807, 2.05) is 116 Å². The van der Waals surface area contributed by atoms with Gasteiger partial charge in [-0.2, -0.15) is 0 Å². The van der Waals surface area contributed by atoms with Crippen molar-refractivity contribution in [2.75, 3.05) is 0 Å². The van der Waals surface area contributed by atoms with Crippen LogP contribution in [-0.2, 0) is 0 Å². The Balaban J connectivity index is 0.000000172. The molecule has 11 rings (SSSR count). The van der Waals surface area contributed by atoms with Crippen molar-refractivity contribution in [2.45, 2.75) is 86.0 Å². The Morgan fingerprint density at radius 3 is 1.10 bits per heavy atom. The molecule has 4 heterocycles. The van der Waals surface area contributed by atoms with Crippen LogP contribution in [0, 0.1) is 17.5 Å². The van der Waals surface area contributed by atoms with Gasteiger partial charge >= 0.3 is 7.12 Å². The minimum absolute atomic E-state index is 0.163. The lowest BCUT2D eigenvalue weighted by atomic mass is 9.80. The molecule has 0 aliphatic rings. The molecule has 0 saturated carbocycles. The van der Waals surface area contributed by atoms with Gasteiger partial charge in [-0.05, 0) is 121 Å². The average molecular weight is 1280 g/mol. The second-order valence-corrected chi connectivity index (χ2v) is 22.4. The summed E-state index contributed by atoms with van der Waals surface area (Å²) in [7, 11) is -1.59. The van der Waals surface area contributed by atoms with Crippen LogP contribution in [0.1, 0.15) is 109 Å². The van der Waals surface area contributed by atoms with Crippen LogP contribution >= 0.6 is 69.6 Å². The maximum absolute atomic E-state index is 13.5. The summed E-state index contributed by atoms with van der Waals surface area (Å²) in [6.45, 7) is 17.9. The minimum atomic E-state index is -1.59. The fourth-order valence-electron chi connectivity index (χ4n) is 8.09. The lowest BCUT2D eigenvalue weighted by molar-refractivity contribution is 0.321. The van der Waals surface area contributed by atoms with Crippen molar-refractivity contribution in [1.29, 1.82) is 0 Å². The van der Waals surface area contributed by atoms with Crippen molar-refractivity contribution >= 4 is 133 Å². The Morgan fingerprint density at radius 1 is 0.395 bits per heavy atom. The molecule has 0 aliphatic heterocycles. The number of fused-ring (bicyclic) bond motifs is 4. The van der Waals surface area contributed by atoms with E-state index >= 15 is 0 Å². The van der Waals surface area contributed by atoms with Crippen LogP contribution < -0.4 is 5.46 Å². The summed E-state index contributed by atoms with van der Waals surface area (Å²) in [5.41, 5.74) is 12.0. The summed E-state index contributed by atoms with van der Waals surface area (Å²) in [6, 6.07) is 40.0. The first kappa shape index (κ1) is 68.0. The molecule has 4 aromatic heterocycles. The van der Waals surface area contributed by atoms with Crippen molar-refractivity contribution in [3.8, 4) is 22.5 Å². The van der Waals surface area contributed by atoms with Crippen LogP contribution in [0.25, 0.3) is 66.6 Å². The van der Waals surface area contributed by atoms with E-state index in [4.69, 9.17) is 84.9 Å². The monoisotopic (exact) mass is 1280 g/mol. The zero-order valence-corrected chi connectivity index (χ0v) is 52.6. The smallest absolute Gasteiger partial charge is 0.423 e. The molecule has 0 aliphatic carbocycles. The maximum Gasteiger partial charge on any atom is 0.488 e. The van der Waals surface area contributed by atoms with Gasteiger partial charge in [0.1, 0.15) is 39.5 Å². The van der Waals surface area contributed by atoms with E-state index in [1.54, 1.807) is 43.3 Å². The molecule has 11 aromatic rings. The standard InChI is InChI=1S/2C17H14ClFN2.2C11H10Cl2N2.C6H6BFO2.C2H5NO/c1-10(2)15-16(11-5-3-6-12(19)9-11)20-14-8-4-7-13(18)17(14)21-15;1-10(2)15-16(11-5-3-6-12(19)9-11)21-17-13(18)7-4-8-14(17)20-15;1-6(2)9-11(13)14-8-5-3-4-7(12)10(8)15-9;1-6(2)9-11(13)15-10-7(12)4-3-5-8(10)14-9;8-6-3-1-2-5(4-6)7(9)10;1-2-3-4/h2*3-10H,1-2H3;2*3-6H,1-2H3;1-4,9-10H;2,4H,1H3/b;;;;;3-2+. The summed E-state index contributed by atoms with van der Waals surface area (Å²) < 4.78 is 39.3. The number of para-hydroxylation sites is 4. The van der Waals surface area contributed by atoms with Crippen molar-refractivity contribution < 1.29 is 28.4 Å². The van der Waals surface area contributed by atoms with E-state index in [2.05, 4.69) is 45.0 Å². The zero-order valence-electron chi connectivity index (χ0n) is 48.1. The zero-order chi connectivity index (χ0) is 62.9. The van der Waals surface area contributed by atoms with E-state index in [0.717, 1.165) is 51.0 Å². The SMILES string of the molecule is C/C=N/O.CC(C)c1nc2c(Cl)cccc2nc1-c1cccc(F)c1.CC(C)c1nc2c(Cl)cccc2nc1Cl.CC(C)c1nc2cccc(Cl)c2nc1-c1cccc(F)c1.CC(C)c1nc2cccc(Cl)c2nc1Cl.OB(O)c1cccc(F)c1. The molecule has 0 unspecified atom stereocenters. The molecule has 0 fully saturated rings. The first-order valence-electron chi connectivity index (χ1n) is 26.8. The average Bonchev–Trinajstić information content (AvgIpc) is 1.74. The number of hydrogen-bond donors (Lipinski definition) is 3. The van der Waals surface area contributed by atoms with Crippen molar-refractivity contribution in [2.24, 2.45) is 5.16 Å². The first-order chi connectivity index (χ1) is 40.9. The Kier molecular flexibility index (Phi) is 25.3. The van der Waals surface area contributed by atoms with E-state index in [-0.39, 0.29) is 40.8 Å². The topological polar surface area (TPSA) is 176 Å². The summed E-state index contributed by atoms with van der Waals surface area (Å²) >= 11 is 36.5. The Bertz CT molecular complexity index is 4150. The predicted octanol–water partition coefficient (Wildman–Crippen LogP) is 18.5. The van der Waals surface area contributed by atoms with E-state index in [1.165, 1.54) is 48.7 Å². The van der Waals surface area contributed by atoms with E-state index in [9.17, 15) is 13.2 Å². The van der Waals surface area contributed by atoms with Gasteiger partial charge < -0.3 is 15.3 Å². The van der Waals surface area contributed by atoms with Crippen LogP contribution in [0.4, 0.5) is 13.2 Å². The molecule has 7 aromatic carbocycles. The molecule has 86 heavy (non-hydrogen) atoms. The molecule has 0 atom stereocenters. The summed E-state index contributed by atoms with van der Waals surface area (Å²) in [4.78, 5) is 36.1. The number of nitrogens with zero attached hydrogens (tertiary/aromatic N) is 9. The van der Waals surface area contributed by atoms with Crippen molar-refractivity contribution in [3.05, 3.63) is 216 Å². The third-order valence-corrected chi connectivity index (χ3v) is 14.0. The van der Waals surface area contributed by atoms with Gasteiger partial charge in [0.15, 0.2) is 10.3 Å². The van der Waals surface area contributed by atoms with Gasteiger partial charge in [0.2, 0.25) is 0 Å². The summed E-state index contributed by atoms with van der Waals surface area (Å²) in [6.07, 6.45) is 1.31. The number of oxime groups is 1. The van der Waals surface area contributed by atoms with Crippen molar-refractivity contribution in [3.63, 3.8) is 0 Å². The largest absolute Gasteiger partial charge is 0.488 e. The third-order valence-electron chi connectivity index (χ3n) is 12.2. The first-order valence-corrected chi connectivity index (χ1v) is 29.1. The fraction of sp³-hybridized carbons (Fsp3) is 0.203. The highest BCUT2D eigenvalue weighted by molar-refractivity contribution is 6.58. The predicted molar refractivity (Wildman–Crippen MR) is 348 cm³/mol. The van der Waals surface area contributed by atoms with Gasteiger partial charge in [0.25, 0.3) is 0 Å². The van der Waals surface area contributed by atoms with Crippen LogP contribution in [0.5, 0.6) is 0 Å². The highest BCUT2D eigenvalue weighted by Gasteiger charge is 2.19. The van der Waals surface area contributed by atoms with Crippen LogP contribution in [0.15, 0.2) is 151 Å². The molecule has 12 nitrogen and oxygen atoms in total. The number of halogens is 9. The van der Waals surface area contributed by atoms with Gasteiger partial charge in [-0.25, -0.2) is 53.0 Å². The van der Waals surface area contributed by atoms with Crippen LogP contribution in [-0.4, -0.2) is 68.5 Å². The second kappa shape index (κ2) is 32.0. The number of benzene rings is 7. The number of hydrogen-bond acceptors (Lipinski definition) is 12. The maximum atomic E-state index is 13.5. The van der Waals surface area contributed by atoms with Crippen molar-refractivity contribution in [1.82, 2.24) is 39.9 Å². The van der Waals surface area contributed by atoms with Gasteiger partial charge in [-0.15, -0.1) is 5.16 Å². The van der Waals surface area contributed by atoms with Crippen LogP contribution in [0.3, 0.4) is 0 Å².